The number of hydrogen-bond donors (Lipinski definition) is 1. The van der Waals surface area contributed by atoms with Crippen LogP contribution in [0, 0.1) is 0 Å². The summed E-state index contributed by atoms with van der Waals surface area (Å²) in [7, 11) is 1.65. The highest BCUT2D eigenvalue weighted by Gasteiger charge is 2.32. The van der Waals surface area contributed by atoms with Crippen molar-refractivity contribution in [3.8, 4) is 5.75 Å². The molecule has 1 rings (SSSR count). The Balaban J connectivity index is 3.08. The molecule has 0 aliphatic heterocycles. The largest absolute Gasteiger partial charge is 0.491 e. The molecule has 1 aromatic heterocycles. The van der Waals surface area contributed by atoms with Gasteiger partial charge in [-0.05, 0) is 47.1 Å². The molecule has 0 radical (unpaired) electrons. The lowest BCUT2D eigenvalue weighted by molar-refractivity contribution is -0.00102. The smallest absolute Gasteiger partial charge is 0.410 e. The van der Waals surface area contributed by atoms with E-state index in [4.69, 9.17) is 9.47 Å². The monoisotopic (exact) mass is 352 g/mol. The molecule has 0 fully saturated rings. The zero-order chi connectivity index (χ0) is 19.2. The third-order valence-electron chi connectivity index (χ3n) is 3.62. The molecule has 25 heavy (non-hydrogen) atoms. The Hall–Kier alpha value is -1.82. The van der Waals surface area contributed by atoms with Gasteiger partial charge < -0.3 is 19.5 Å². The third-order valence-corrected chi connectivity index (χ3v) is 3.62. The number of pyridine rings is 1. The van der Waals surface area contributed by atoms with Gasteiger partial charge >= 0.3 is 6.09 Å². The summed E-state index contributed by atoms with van der Waals surface area (Å²) in [6.45, 7) is 11.3. The summed E-state index contributed by atoms with van der Waals surface area (Å²) >= 11 is 0. The molecule has 0 saturated heterocycles. The topological polar surface area (TPSA) is 71.9 Å². The highest BCUT2D eigenvalue weighted by molar-refractivity contribution is 5.68. The lowest BCUT2D eigenvalue weighted by atomic mass is 9.98. The fourth-order valence-electron chi connectivity index (χ4n) is 2.51. The van der Waals surface area contributed by atoms with Crippen molar-refractivity contribution in [1.82, 2.24) is 9.88 Å². The lowest BCUT2D eigenvalue weighted by Gasteiger charge is -2.34. The van der Waals surface area contributed by atoms with Crippen LogP contribution in [0.25, 0.3) is 0 Å². The minimum absolute atomic E-state index is 0.0263. The molecule has 0 aromatic carbocycles. The maximum Gasteiger partial charge on any atom is 0.410 e. The van der Waals surface area contributed by atoms with Crippen molar-refractivity contribution in [1.29, 1.82) is 0 Å². The number of aromatic nitrogens is 1. The summed E-state index contributed by atoms with van der Waals surface area (Å²) in [5.74, 6) is 0.580. The molecule has 0 bridgehead atoms. The summed E-state index contributed by atoms with van der Waals surface area (Å²) in [6.07, 6.45) is 3.26. The normalized spacial score (nSPS) is 14.1. The maximum absolute atomic E-state index is 12.4. The van der Waals surface area contributed by atoms with Gasteiger partial charge in [0.15, 0.2) is 0 Å². The first-order valence-electron chi connectivity index (χ1n) is 8.81. The predicted molar refractivity (Wildman–Crippen MR) is 97.7 cm³/mol. The van der Waals surface area contributed by atoms with E-state index in [0.717, 1.165) is 6.42 Å². The fourth-order valence-corrected chi connectivity index (χ4v) is 2.51. The van der Waals surface area contributed by atoms with Crippen LogP contribution < -0.4 is 4.74 Å². The van der Waals surface area contributed by atoms with E-state index < -0.39 is 23.8 Å². The van der Waals surface area contributed by atoms with E-state index in [1.165, 1.54) is 4.90 Å². The van der Waals surface area contributed by atoms with Crippen LogP contribution in [0.15, 0.2) is 18.5 Å². The number of ether oxygens (including phenoxy) is 2. The minimum Gasteiger partial charge on any atom is -0.491 e. The van der Waals surface area contributed by atoms with E-state index in [-0.39, 0.29) is 6.10 Å². The second kappa shape index (κ2) is 9.04. The number of amides is 1. The standard InChI is InChI=1S/C19H32N2O4/c1-8-9-15(21(7)18(23)25-19(4,5)6)17(22)14-12-20-11-10-16(14)24-13(2)3/h10-13,15,17,22H,8-9H2,1-7H3/t15-,17?/m1/s1. The summed E-state index contributed by atoms with van der Waals surface area (Å²) < 4.78 is 11.2. The van der Waals surface area contributed by atoms with Gasteiger partial charge in [0, 0.05) is 25.0 Å². The maximum atomic E-state index is 12.4. The van der Waals surface area contributed by atoms with Crippen molar-refractivity contribution in [3.63, 3.8) is 0 Å². The van der Waals surface area contributed by atoms with Crippen molar-refractivity contribution >= 4 is 6.09 Å². The van der Waals surface area contributed by atoms with Gasteiger partial charge in [0.25, 0.3) is 0 Å². The van der Waals surface area contributed by atoms with Gasteiger partial charge in [-0.3, -0.25) is 4.98 Å². The number of aliphatic hydroxyl groups is 1. The Morgan fingerprint density at radius 3 is 2.52 bits per heavy atom. The van der Waals surface area contributed by atoms with Gasteiger partial charge in [-0.2, -0.15) is 0 Å². The molecule has 6 nitrogen and oxygen atoms in total. The molecule has 2 atom stereocenters. The van der Waals surface area contributed by atoms with E-state index in [0.29, 0.717) is 17.7 Å². The summed E-state index contributed by atoms with van der Waals surface area (Å²) in [5, 5.41) is 11.0. The fraction of sp³-hybridized carbons (Fsp3) is 0.684. The zero-order valence-corrected chi connectivity index (χ0v) is 16.4. The Labute approximate surface area is 151 Å². The van der Waals surface area contributed by atoms with Crippen LogP contribution in [0.2, 0.25) is 0 Å². The first-order chi connectivity index (χ1) is 11.6. The van der Waals surface area contributed by atoms with Crippen LogP contribution in [0.3, 0.4) is 0 Å². The van der Waals surface area contributed by atoms with E-state index >= 15 is 0 Å². The molecule has 0 aliphatic rings. The second-order valence-electron chi connectivity index (χ2n) is 7.47. The number of rotatable bonds is 7. The average molecular weight is 352 g/mol. The van der Waals surface area contributed by atoms with Crippen LogP contribution in [0.4, 0.5) is 4.79 Å². The molecule has 1 amide bonds. The van der Waals surface area contributed by atoms with E-state index in [1.807, 2.05) is 41.5 Å². The molecule has 1 heterocycles. The Bertz CT molecular complexity index is 555. The van der Waals surface area contributed by atoms with Crippen LogP contribution in [-0.2, 0) is 4.74 Å². The molecule has 1 N–H and O–H groups in total. The minimum atomic E-state index is -0.917. The number of likely N-dealkylation sites (N-methyl/N-ethyl adjacent to an activating group) is 1. The number of carbonyl (C=O) groups is 1. The zero-order valence-electron chi connectivity index (χ0n) is 16.4. The molecule has 6 heteroatoms. The SMILES string of the molecule is CCC[C@H](C(O)c1cnccc1OC(C)C)N(C)C(=O)OC(C)(C)C. The van der Waals surface area contributed by atoms with Crippen molar-refractivity contribution in [2.24, 2.45) is 0 Å². The first-order valence-corrected chi connectivity index (χ1v) is 8.81. The predicted octanol–water partition coefficient (Wildman–Crippen LogP) is 3.94. The highest BCUT2D eigenvalue weighted by Crippen LogP contribution is 2.31. The number of carbonyl (C=O) groups excluding carboxylic acids is 1. The molecule has 0 saturated carbocycles. The molecule has 1 unspecified atom stereocenters. The van der Waals surface area contributed by atoms with E-state index in [9.17, 15) is 9.90 Å². The quantitative estimate of drug-likeness (QED) is 0.805. The van der Waals surface area contributed by atoms with Gasteiger partial charge in [-0.15, -0.1) is 0 Å². The number of hydrogen-bond acceptors (Lipinski definition) is 5. The highest BCUT2D eigenvalue weighted by atomic mass is 16.6. The summed E-state index contributed by atoms with van der Waals surface area (Å²) in [6, 6.07) is 1.30. The summed E-state index contributed by atoms with van der Waals surface area (Å²) in [4.78, 5) is 18.0. The van der Waals surface area contributed by atoms with E-state index in [1.54, 1.807) is 25.5 Å². The second-order valence-corrected chi connectivity index (χ2v) is 7.47. The third kappa shape index (κ3) is 6.53. The van der Waals surface area contributed by atoms with Gasteiger partial charge in [-0.25, -0.2) is 4.79 Å². The average Bonchev–Trinajstić information content (AvgIpc) is 2.49. The van der Waals surface area contributed by atoms with Crippen LogP contribution in [0.1, 0.15) is 66.1 Å². The van der Waals surface area contributed by atoms with Gasteiger partial charge in [0.2, 0.25) is 0 Å². The molecule has 1 aromatic rings. The van der Waals surface area contributed by atoms with E-state index in [2.05, 4.69) is 4.98 Å². The Morgan fingerprint density at radius 1 is 1.36 bits per heavy atom. The van der Waals surface area contributed by atoms with Gasteiger partial charge in [0.1, 0.15) is 17.5 Å². The van der Waals surface area contributed by atoms with Gasteiger partial charge in [0.05, 0.1) is 12.1 Å². The van der Waals surface area contributed by atoms with Crippen LogP contribution in [0.5, 0.6) is 5.75 Å². The Morgan fingerprint density at radius 2 is 2.00 bits per heavy atom. The van der Waals surface area contributed by atoms with Crippen LogP contribution in [-0.4, -0.2) is 45.9 Å². The molecule has 0 spiro atoms. The summed E-state index contributed by atoms with van der Waals surface area (Å²) in [5.41, 5.74) is -0.0159. The van der Waals surface area contributed by atoms with Crippen molar-refractivity contribution < 1.29 is 19.4 Å². The number of nitrogens with zero attached hydrogens (tertiary/aromatic N) is 2. The van der Waals surface area contributed by atoms with Gasteiger partial charge in [-0.1, -0.05) is 13.3 Å². The van der Waals surface area contributed by atoms with Crippen molar-refractivity contribution in [2.45, 2.75) is 78.2 Å². The van der Waals surface area contributed by atoms with Crippen molar-refractivity contribution in [3.05, 3.63) is 24.0 Å². The molecular weight excluding hydrogens is 320 g/mol. The van der Waals surface area contributed by atoms with Crippen LogP contribution >= 0.6 is 0 Å². The molecular formula is C19H32N2O4. The molecule has 0 aliphatic carbocycles. The Kier molecular flexibility index (Phi) is 7.67. The van der Waals surface area contributed by atoms with Crippen molar-refractivity contribution in [2.75, 3.05) is 7.05 Å². The first kappa shape index (κ1) is 21.2. The molecule has 142 valence electrons. The lowest BCUT2D eigenvalue weighted by Crippen LogP contribution is -2.43. The number of aliphatic hydroxyl groups excluding tert-OH is 1.